The van der Waals surface area contributed by atoms with Gasteiger partial charge in [0.1, 0.15) is 18.5 Å². The van der Waals surface area contributed by atoms with Gasteiger partial charge in [0.15, 0.2) is 0 Å². The van der Waals surface area contributed by atoms with Gasteiger partial charge in [-0.2, -0.15) is 0 Å². The lowest BCUT2D eigenvalue weighted by Gasteiger charge is -2.26. The van der Waals surface area contributed by atoms with Crippen LogP contribution in [0.4, 0.5) is 0 Å². The number of nitrogens with zero attached hydrogens (tertiary/aromatic N) is 2. The molecule has 2 atom stereocenters. The van der Waals surface area contributed by atoms with Crippen molar-refractivity contribution in [1.82, 2.24) is 9.55 Å². The van der Waals surface area contributed by atoms with E-state index in [2.05, 4.69) is 52.0 Å². The van der Waals surface area contributed by atoms with Crippen molar-refractivity contribution in [2.24, 2.45) is 5.92 Å². The van der Waals surface area contributed by atoms with Gasteiger partial charge in [-0.05, 0) is 48.3 Å². The first-order valence-corrected chi connectivity index (χ1v) is 11.1. The van der Waals surface area contributed by atoms with E-state index in [-0.39, 0.29) is 24.0 Å². The van der Waals surface area contributed by atoms with E-state index >= 15 is 0 Å². The minimum Gasteiger partial charge on any atom is -0.461 e. The van der Waals surface area contributed by atoms with E-state index < -0.39 is 0 Å². The summed E-state index contributed by atoms with van der Waals surface area (Å²) in [5.41, 5.74) is 4.24. The lowest BCUT2D eigenvalue weighted by molar-refractivity contribution is -0.151. The fourth-order valence-corrected chi connectivity index (χ4v) is 4.41. The molecule has 1 aliphatic rings. The second kappa shape index (κ2) is 8.25. The molecule has 158 valence electrons. The molecule has 1 saturated carbocycles. The molecule has 4 rings (SSSR count). The molecule has 1 aliphatic carbocycles. The highest BCUT2D eigenvalue weighted by Crippen LogP contribution is 2.29. The molecule has 1 aromatic heterocycles. The third-order valence-corrected chi connectivity index (χ3v) is 6.14. The number of hydrogen-bond acceptors (Lipinski definition) is 3. The van der Waals surface area contributed by atoms with Crippen LogP contribution in [0.25, 0.3) is 22.4 Å². The van der Waals surface area contributed by atoms with Crippen molar-refractivity contribution >= 4 is 17.0 Å². The average Bonchev–Trinajstić information content (AvgIpc) is 3.06. The van der Waals surface area contributed by atoms with Crippen LogP contribution in [0.1, 0.15) is 58.9 Å². The fraction of sp³-hybridized carbons (Fsp3) is 0.462. The summed E-state index contributed by atoms with van der Waals surface area (Å²) in [6.45, 7) is 9.04. The van der Waals surface area contributed by atoms with Gasteiger partial charge in [-0.3, -0.25) is 4.79 Å². The number of ether oxygens (including phenoxy) is 1. The number of carbonyl (C=O) groups excluding carboxylic acids is 1. The Morgan fingerprint density at radius 3 is 2.53 bits per heavy atom. The smallest absolute Gasteiger partial charge is 0.326 e. The van der Waals surface area contributed by atoms with Crippen LogP contribution in [0.3, 0.4) is 0 Å². The zero-order valence-electron chi connectivity index (χ0n) is 18.5. The second-order valence-corrected chi connectivity index (χ2v) is 9.72. The number of para-hydroxylation sites is 2. The number of benzene rings is 2. The van der Waals surface area contributed by atoms with Crippen LogP contribution < -0.4 is 0 Å². The summed E-state index contributed by atoms with van der Waals surface area (Å²) < 4.78 is 7.85. The van der Waals surface area contributed by atoms with E-state index in [1.165, 1.54) is 12.0 Å². The van der Waals surface area contributed by atoms with Gasteiger partial charge in [-0.25, -0.2) is 4.98 Å². The normalized spacial score (nSPS) is 19.7. The van der Waals surface area contributed by atoms with E-state index in [1.54, 1.807) is 0 Å². The molecular weight excluding hydrogens is 372 g/mol. The molecule has 30 heavy (non-hydrogen) atoms. The third kappa shape index (κ3) is 4.43. The van der Waals surface area contributed by atoms with Crippen LogP contribution in [0.5, 0.6) is 0 Å². The van der Waals surface area contributed by atoms with Crippen LogP contribution in [-0.2, 0) is 21.5 Å². The van der Waals surface area contributed by atoms with Gasteiger partial charge in [-0.15, -0.1) is 0 Å². The van der Waals surface area contributed by atoms with E-state index in [4.69, 9.17) is 9.72 Å². The van der Waals surface area contributed by atoms with Crippen molar-refractivity contribution < 1.29 is 9.53 Å². The quantitative estimate of drug-likeness (QED) is 0.492. The van der Waals surface area contributed by atoms with Gasteiger partial charge in [0.2, 0.25) is 0 Å². The highest BCUT2D eigenvalue weighted by atomic mass is 16.5. The molecule has 0 amide bonds. The maximum absolute atomic E-state index is 12.8. The number of hydrogen-bond donors (Lipinski definition) is 0. The number of rotatable bonds is 4. The van der Waals surface area contributed by atoms with E-state index in [0.29, 0.717) is 5.92 Å². The summed E-state index contributed by atoms with van der Waals surface area (Å²) in [7, 11) is 0. The Balaban J connectivity index is 1.63. The SMILES string of the molecule is CC1CCCC(OC(=O)Cn2c(-c3ccc(C(C)(C)C)cc3)nc3ccccc32)C1. The molecule has 0 N–H and O–H groups in total. The summed E-state index contributed by atoms with van der Waals surface area (Å²) in [6.07, 6.45) is 4.36. The van der Waals surface area contributed by atoms with Crippen molar-refractivity contribution in [3.05, 3.63) is 54.1 Å². The van der Waals surface area contributed by atoms with Crippen molar-refractivity contribution in [3.63, 3.8) is 0 Å². The Kier molecular flexibility index (Phi) is 5.68. The predicted octanol–water partition coefficient (Wildman–Crippen LogP) is 6.12. The molecule has 3 aromatic rings. The largest absolute Gasteiger partial charge is 0.461 e. The van der Waals surface area contributed by atoms with Crippen molar-refractivity contribution in [3.8, 4) is 11.4 Å². The maximum atomic E-state index is 12.8. The van der Waals surface area contributed by atoms with E-state index in [1.807, 2.05) is 28.8 Å². The minimum absolute atomic E-state index is 0.0468. The van der Waals surface area contributed by atoms with Crippen molar-refractivity contribution in [2.75, 3.05) is 0 Å². The predicted molar refractivity (Wildman–Crippen MR) is 121 cm³/mol. The number of carbonyl (C=O) groups is 1. The molecule has 0 spiro atoms. The Bertz CT molecular complexity index is 1030. The zero-order chi connectivity index (χ0) is 21.3. The van der Waals surface area contributed by atoms with Gasteiger partial charge in [0.25, 0.3) is 0 Å². The molecule has 2 unspecified atom stereocenters. The molecule has 0 aliphatic heterocycles. The van der Waals surface area contributed by atoms with Crippen LogP contribution in [0.2, 0.25) is 0 Å². The second-order valence-electron chi connectivity index (χ2n) is 9.72. The van der Waals surface area contributed by atoms with Gasteiger partial charge >= 0.3 is 5.97 Å². The first-order valence-electron chi connectivity index (χ1n) is 11.1. The van der Waals surface area contributed by atoms with Crippen LogP contribution >= 0.6 is 0 Å². The van der Waals surface area contributed by atoms with Crippen molar-refractivity contribution in [2.45, 2.75) is 71.4 Å². The summed E-state index contributed by atoms with van der Waals surface area (Å²) in [5, 5.41) is 0. The molecule has 1 heterocycles. The Labute approximate surface area is 179 Å². The molecule has 4 heteroatoms. The number of imidazole rings is 1. The maximum Gasteiger partial charge on any atom is 0.326 e. The van der Waals surface area contributed by atoms with Gasteiger partial charge in [-0.1, -0.05) is 70.5 Å². The standard InChI is InChI=1S/C26H32N2O2/c1-18-8-7-9-21(16-18)30-24(29)17-28-23-11-6-5-10-22(23)27-25(28)19-12-14-20(15-13-19)26(2,3)4/h5-6,10-15,18,21H,7-9,16-17H2,1-4H3. The van der Waals surface area contributed by atoms with Gasteiger partial charge < -0.3 is 9.30 Å². The fourth-order valence-electron chi connectivity index (χ4n) is 4.41. The summed E-state index contributed by atoms with van der Waals surface area (Å²) in [5.74, 6) is 1.26. The first-order chi connectivity index (χ1) is 14.3. The van der Waals surface area contributed by atoms with Gasteiger partial charge in [0.05, 0.1) is 11.0 Å². The molecule has 0 radical (unpaired) electrons. The molecular formula is C26H32N2O2. The topological polar surface area (TPSA) is 44.1 Å². The van der Waals surface area contributed by atoms with Crippen molar-refractivity contribution in [1.29, 1.82) is 0 Å². The molecule has 0 bridgehead atoms. The minimum atomic E-state index is -0.176. The molecule has 4 nitrogen and oxygen atoms in total. The molecule has 1 fully saturated rings. The highest BCUT2D eigenvalue weighted by Gasteiger charge is 2.23. The first kappa shape index (κ1) is 20.6. The molecule has 0 saturated heterocycles. The van der Waals surface area contributed by atoms with Crippen LogP contribution in [0.15, 0.2) is 48.5 Å². The summed E-state index contributed by atoms with van der Waals surface area (Å²) >= 11 is 0. The van der Waals surface area contributed by atoms with Crippen LogP contribution in [-0.4, -0.2) is 21.6 Å². The molecule has 2 aromatic carbocycles. The van der Waals surface area contributed by atoms with E-state index in [9.17, 15) is 4.79 Å². The Morgan fingerprint density at radius 2 is 1.83 bits per heavy atom. The lowest BCUT2D eigenvalue weighted by Crippen LogP contribution is -2.26. The van der Waals surface area contributed by atoms with Crippen LogP contribution in [0, 0.1) is 5.92 Å². The Hall–Kier alpha value is -2.62. The monoisotopic (exact) mass is 404 g/mol. The summed E-state index contributed by atoms with van der Waals surface area (Å²) in [6, 6.07) is 16.5. The lowest BCUT2D eigenvalue weighted by atomic mass is 9.87. The Morgan fingerprint density at radius 1 is 1.10 bits per heavy atom. The average molecular weight is 405 g/mol. The zero-order valence-corrected chi connectivity index (χ0v) is 18.5. The number of aromatic nitrogens is 2. The summed E-state index contributed by atoms with van der Waals surface area (Å²) in [4.78, 5) is 17.7. The number of fused-ring (bicyclic) bond motifs is 1. The van der Waals surface area contributed by atoms with Gasteiger partial charge in [0, 0.05) is 5.56 Å². The third-order valence-electron chi connectivity index (χ3n) is 6.14. The van der Waals surface area contributed by atoms with E-state index in [0.717, 1.165) is 41.7 Å². The highest BCUT2D eigenvalue weighted by molar-refractivity contribution is 5.83. The number of esters is 1.